The van der Waals surface area contributed by atoms with E-state index in [0.29, 0.717) is 0 Å². The zero-order valence-corrected chi connectivity index (χ0v) is 14.1. The van der Waals surface area contributed by atoms with E-state index in [9.17, 15) is 0 Å². The molecule has 0 amide bonds. The monoisotopic (exact) mass is 382 g/mol. The lowest BCUT2D eigenvalue weighted by molar-refractivity contribution is 0.548. The van der Waals surface area contributed by atoms with E-state index >= 15 is 0 Å². The topological polar surface area (TPSA) is 17.8 Å². The quantitative estimate of drug-likeness (QED) is 0.437. The summed E-state index contributed by atoms with van der Waals surface area (Å²) in [6.07, 6.45) is 13.1. The van der Waals surface area contributed by atoms with Crippen LogP contribution in [0, 0.1) is 3.70 Å². The highest BCUT2D eigenvalue weighted by Gasteiger charge is 1.97. The van der Waals surface area contributed by atoms with Gasteiger partial charge in [-0.25, -0.2) is 4.98 Å². The number of unbranched alkanes of at least 4 members (excludes halogenated alkanes) is 5. The van der Waals surface area contributed by atoms with Gasteiger partial charge in [-0.3, -0.25) is 0 Å². The first-order chi connectivity index (χ1) is 9.86. The largest absolute Gasteiger partial charge is 0.326 e. The van der Waals surface area contributed by atoms with Crippen molar-refractivity contribution < 1.29 is 0 Å². The van der Waals surface area contributed by atoms with Crippen LogP contribution >= 0.6 is 22.6 Å². The molecule has 0 fully saturated rings. The second kappa shape index (κ2) is 9.16. The summed E-state index contributed by atoms with van der Waals surface area (Å²) >= 11 is 2.34. The fraction of sp³-hybridized carbons (Fsp3) is 0.471. The molecular formula is C17H23IN2. The third kappa shape index (κ3) is 5.65. The van der Waals surface area contributed by atoms with Gasteiger partial charge in [0, 0.05) is 6.54 Å². The summed E-state index contributed by atoms with van der Waals surface area (Å²) in [5, 5.41) is 0. The lowest BCUT2D eigenvalue weighted by atomic mass is 10.1. The Morgan fingerprint density at radius 3 is 2.30 bits per heavy atom. The van der Waals surface area contributed by atoms with Crippen molar-refractivity contribution in [2.75, 3.05) is 0 Å². The average molecular weight is 382 g/mol. The van der Waals surface area contributed by atoms with Crippen LogP contribution < -0.4 is 0 Å². The molecule has 2 aromatic rings. The predicted octanol–water partition coefficient (Wildman–Crippen LogP) is 5.07. The van der Waals surface area contributed by atoms with E-state index in [1.54, 1.807) is 0 Å². The lowest BCUT2D eigenvalue weighted by Gasteiger charge is -2.04. The summed E-state index contributed by atoms with van der Waals surface area (Å²) < 4.78 is 3.47. The molecule has 1 heterocycles. The Balaban J connectivity index is 1.45. The smallest absolute Gasteiger partial charge is 0.0995 e. The summed E-state index contributed by atoms with van der Waals surface area (Å²) in [5.41, 5.74) is 1.47. The molecule has 20 heavy (non-hydrogen) atoms. The molecule has 0 spiro atoms. The number of halogens is 1. The van der Waals surface area contributed by atoms with E-state index in [4.69, 9.17) is 0 Å². The number of benzene rings is 1. The summed E-state index contributed by atoms with van der Waals surface area (Å²) in [4.78, 5) is 4.15. The van der Waals surface area contributed by atoms with Gasteiger partial charge in [-0.05, 0) is 47.4 Å². The minimum Gasteiger partial charge on any atom is -0.326 e. The second-order valence-corrected chi connectivity index (χ2v) is 6.37. The van der Waals surface area contributed by atoms with E-state index in [1.807, 2.05) is 12.5 Å². The maximum atomic E-state index is 4.15. The van der Waals surface area contributed by atoms with Crippen molar-refractivity contribution >= 4 is 22.6 Å². The highest BCUT2D eigenvalue weighted by Crippen LogP contribution is 2.11. The minimum atomic E-state index is 1.11. The molecule has 0 aliphatic heterocycles. The van der Waals surface area contributed by atoms with E-state index in [2.05, 4.69) is 62.5 Å². The lowest BCUT2D eigenvalue weighted by Crippen LogP contribution is -1.98. The summed E-state index contributed by atoms with van der Waals surface area (Å²) in [5.74, 6) is 0. The first-order valence-corrected chi connectivity index (χ1v) is 8.64. The Bertz CT molecular complexity index is 479. The molecule has 108 valence electrons. The van der Waals surface area contributed by atoms with Gasteiger partial charge in [0.25, 0.3) is 0 Å². The standard InChI is InChI=1S/C17H23IN2/c18-17-14-19-15-20(17)13-9-4-2-1-3-6-10-16-11-7-5-8-12-16/h5,7-8,11-12,14-15H,1-4,6,9-10,13H2. The number of hydrogen-bond donors (Lipinski definition) is 0. The van der Waals surface area contributed by atoms with Gasteiger partial charge >= 0.3 is 0 Å². The van der Waals surface area contributed by atoms with Crippen LogP contribution in [0.1, 0.15) is 44.1 Å². The molecule has 3 heteroatoms. The highest BCUT2D eigenvalue weighted by atomic mass is 127. The molecule has 1 aromatic heterocycles. The molecule has 2 nitrogen and oxygen atoms in total. The van der Waals surface area contributed by atoms with Gasteiger partial charge in [0.15, 0.2) is 0 Å². The fourth-order valence-electron chi connectivity index (χ4n) is 2.43. The normalized spacial score (nSPS) is 10.8. The number of aryl methyl sites for hydroxylation is 2. The van der Waals surface area contributed by atoms with Crippen LogP contribution in [0.3, 0.4) is 0 Å². The van der Waals surface area contributed by atoms with Crippen molar-refractivity contribution in [3.8, 4) is 0 Å². The van der Waals surface area contributed by atoms with Crippen molar-refractivity contribution in [2.45, 2.75) is 51.5 Å². The molecule has 0 saturated heterocycles. The minimum absolute atomic E-state index is 1.11. The third-order valence-electron chi connectivity index (χ3n) is 3.62. The molecule has 0 atom stereocenters. The zero-order valence-electron chi connectivity index (χ0n) is 12.0. The SMILES string of the molecule is Ic1cncn1CCCCCCCCc1ccccc1. The van der Waals surface area contributed by atoms with Crippen molar-refractivity contribution in [2.24, 2.45) is 0 Å². The van der Waals surface area contributed by atoms with Crippen LogP contribution in [0.25, 0.3) is 0 Å². The number of rotatable bonds is 9. The molecule has 0 saturated carbocycles. The molecule has 0 aliphatic rings. The zero-order chi connectivity index (χ0) is 14.0. The van der Waals surface area contributed by atoms with Crippen LogP contribution in [-0.4, -0.2) is 9.55 Å². The molecule has 0 aliphatic carbocycles. The molecule has 0 bridgehead atoms. The van der Waals surface area contributed by atoms with Gasteiger partial charge in [0.05, 0.1) is 16.2 Å². The Morgan fingerprint density at radius 2 is 1.60 bits per heavy atom. The number of nitrogens with zero attached hydrogens (tertiary/aromatic N) is 2. The molecule has 0 N–H and O–H groups in total. The first kappa shape index (κ1) is 15.5. The van der Waals surface area contributed by atoms with Gasteiger partial charge in [-0.1, -0.05) is 56.0 Å². The number of aromatic nitrogens is 2. The fourth-order valence-corrected chi connectivity index (χ4v) is 2.96. The second-order valence-electron chi connectivity index (χ2n) is 5.27. The van der Waals surface area contributed by atoms with E-state index in [1.165, 1.54) is 54.2 Å². The Labute approximate surface area is 135 Å². The van der Waals surface area contributed by atoms with Crippen LogP contribution in [-0.2, 0) is 13.0 Å². The third-order valence-corrected chi connectivity index (χ3v) is 4.52. The summed E-state index contributed by atoms with van der Waals surface area (Å²) in [6.45, 7) is 1.11. The van der Waals surface area contributed by atoms with Gasteiger partial charge in [0.1, 0.15) is 0 Å². The van der Waals surface area contributed by atoms with Crippen molar-refractivity contribution in [3.63, 3.8) is 0 Å². The molecule has 2 rings (SSSR count). The maximum Gasteiger partial charge on any atom is 0.0995 e. The Hall–Kier alpha value is -0.840. The molecule has 0 unspecified atom stereocenters. The first-order valence-electron chi connectivity index (χ1n) is 7.56. The van der Waals surface area contributed by atoms with Crippen molar-refractivity contribution in [1.82, 2.24) is 9.55 Å². The molecule has 1 aromatic carbocycles. The number of imidazole rings is 1. The van der Waals surface area contributed by atoms with Crippen LogP contribution in [0.4, 0.5) is 0 Å². The van der Waals surface area contributed by atoms with Crippen molar-refractivity contribution in [1.29, 1.82) is 0 Å². The highest BCUT2D eigenvalue weighted by molar-refractivity contribution is 14.1. The number of hydrogen-bond acceptors (Lipinski definition) is 1. The van der Waals surface area contributed by atoms with Crippen LogP contribution in [0.5, 0.6) is 0 Å². The maximum absolute atomic E-state index is 4.15. The van der Waals surface area contributed by atoms with Crippen LogP contribution in [0.15, 0.2) is 42.9 Å². The Kier molecular flexibility index (Phi) is 7.12. The summed E-state index contributed by atoms with van der Waals surface area (Å²) in [7, 11) is 0. The van der Waals surface area contributed by atoms with Gasteiger partial charge in [-0.15, -0.1) is 0 Å². The van der Waals surface area contributed by atoms with E-state index < -0.39 is 0 Å². The summed E-state index contributed by atoms with van der Waals surface area (Å²) in [6, 6.07) is 10.8. The van der Waals surface area contributed by atoms with E-state index in [0.717, 1.165) is 6.54 Å². The van der Waals surface area contributed by atoms with Gasteiger partial charge in [-0.2, -0.15) is 0 Å². The predicted molar refractivity (Wildman–Crippen MR) is 92.8 cm³/mol. The van der Waals surface area contributed by atoms with E-state index in [-0.39, 0.29) is 0 Å². The molecule has 0 radical (unpaired) electrons. The van der Waals surface area contributed by atoms with Gasteiger partial charge < -0.3 is 4.57 Å². The molecular weight excluding hydrogens is 359 g/mol. The van der Waals surface area contributed by atoms with Gasteiger partial charge in [0.2, 0.25) is 0 Å². The average Bonchev–Trinajstić information content (AvgIpc) is 2.88. The van der Waals surface area contributed by atoms with Crippen molar-refractivity contribution in [3.05, 3.63) is 52.1 Å². The van der Waals surface area contributed by atoms with Crippen LogP contribution in [0.2, 0.25) is 0 Å². The Morgan fingerprint density at radius 1 is 0.900 bits per heavy atom.